The van der Waals surface area contributed by atoms with Crippen molar-refractivity contribution in [3.63, 3.8) is 0 Å². The summed E-state index contributed by atoms with van der Waals surface area (Å²) in [6.07, 6.45) is 4.33. The van der Waals surface area contributed by atoms with Gasteiger partial charge in [-0.2, -0.15) is 5.10 Å². The van der Waals surface area contributed by atoms with Gasteiger partial charge in [0.1, 0.15) is 11.0 Å². The molecule has 2 aromatic heterocycles. The first-order chi connectivity index (χ1) is 10.2. The molecule has 0 saturated carbocycles. The van der Waals surface area contributed by atoms with E-state index in [9.17, 15) is 0 Å². The summed E-state index contributed by atoms with van der Waals surface area (Å²) in [4.78, 5) is 11.3. The summed E-state index contributed by atoms with van der Waals surface area (Å²) in [6.45, 7) is 5.55. The molecule has 1 atom stereocenters. The Bertz CT molecular complexity index is 623. The third-order valence-corrected chi connectivity index (χ3v) is 4.18. The summed E-state index contributed by atoms with van der Waals surface area (Å²) < 4.78 is 7.43. The fourth-order valence-electron chi connectivity index (χ4n) is 2.68. The van der Waals surface area contributed by atoms with Gasteiger partial charge in [-0.05, 0) is 19.4 Å². The fourth-order valence-corrected chi connectivity index (χ4v) is 2.91. The summed E-state index contributed by atoms with van der Waals surface area (Å²) in [5, 5.41) is 5.44. The Labute approximate surface area is 129 Å². The van der Waals surface area contributed by atoms with E-state index in [-0.39, 0.29) is 0 Å². The molecule has 21 heavy (non-hydrogen) atoms. The number of hydrogen-bond acceptors (Lipinski definition) is 5. The zero-order valence-corrected chi connectivity index (χ0v) is 13.2. The first kappa shape index (κ1) is 14.7. The van der Waals surface area contributed by atoms with Crippen LogP contribution in [0.3, 0.4) is 0 Å². The van der Waals surface area contributed by atoms with Crippen molar-refractivity contribution in [1.29, 1.82) is 0 Å². The van der Waals surface area contributed by atoms with Crippen LogP contribution in [0, 0.1) is 0 Å². The molecule has 0 spiro atoms. The van der Waals surface area contributed by atoms with Crippen LogP contribution in [0.1, 0.15) is 25.6 Å². The zero-order chi connectivity index (χ0) is 14.8. The number of hydrogen-bond donors (Lipinski definition) is 0. The Morgan fingerprint density at radius 1 is 1.48 bits per heavy atom. The summed E-state index contributed by atoms with van der Waals surface area (Å²) in [5.41, 5.74) is 0.776. The molecule has 0 bridgehead atoms. The maximum atomic E-state index is 6.22. The van der Waals surface area contributed by atoms with E-state index in [1.807, 2.05) is 7.05 Å². The molecule has 2 aromatic rings. The standard InChI is InChI=1S/C14H20ClN5O/c1-3-20(8-10-5-4-6-21-10)9-12-17-13(15)11-7-16-19(2)14(11)18-12/h7,10H,3-6,8-9H2,1-2H3. The van der Waals surface area contributed by atoms with Gasteiger partial charge >= 0.3 is 0 Å². The van der Waals surface area contributed by atoms with Gasteiger partial charge in [0, 0.05) is 20.2 Å². The highest BCUT2D eigenvalue weighted by molar-refractivity contribution is 6.33. The van der Waals surface area contributed by atoms with Crippen molar-refractivity contribution < 1.29 is 4.74 Å². The predicted molar refractivity (Wildman–Crippen MR) is 81.2 cm³/mol. The molecular weight excluding hydrogens is 290 g/mol. The smallest absolute Gasteiger partial charge is 0.162 e. The topological polar surface area (TPSA) is 56.1 Å². The van der Waals surface area contributed by atoms with E-state index in [4.69, 9.17) is 16.3 Å². The van der Waals surface area contributed by atoms with Crippen LogP contribution >= 0.6 is 11.6 Å². The Morgan fingerprint density at radius 3 is 3.05 bits per heavy atom. The Kier molecular flexibility index (Phi) is 4.37. The number of halogens is 1. The molecule has 7 heteroatoms. The molecular formula is C14H20ClN5O. The Hall–Kier alpha value is -1.24. The van der Waals surface area contributed by atoms with Gasteiger partial charge in [-0.25, -0.2) is 9.97 Å². The molecule has 3 heterocycles. The Balaban J connectivity index is 1.77. The quantitative estimate of drug-likeness (QED) is 0.791. The van der Waals surface area contributed by atoms with Gasteiger partial charge in [-0.3, -0.25) is 9.58 Å². The van der Waals surface area contributed by atoms with Crippen molar-refractivity contribution in [3.05, 3.63) is 17.2 Å². The molecule has 0 N–H and O–H groups in total. The summed E-state index contributed by atoms with van der Waals surface area (Å²) in [6, 6.07) is 0. The average Bonchev–Trinajstić information content (AvgIpc) is 3.09. The molecule has 1 unspecified atom stereocenters. The van der Waals surface area contributed by atoms with Crippen LogP contribution in [0.5, 0.6) is 0 Å². The van der Waals surface area contributed by atoms with Crippen LogP contribution in [0.2, 0.25) is 5.15 Å². The minimum absolute atomic E-state index is 0.334. The van der Waals surface area contributed by atoms with E-state index >= 15 is 0 Å². The SMILES string of the molecule is CCN(Cc1nc(Cl)c2cnn(C)c2n1)CC1CCCO1. The number of nitrogens with zero attached hydrogens (tertiary/aromatic N) is 5. The molecule has 1 aliphatic heterocycles. The van der Waals surface area contributed by atoms with Crippen molar-refractivity contribution >= 4 is 22.6 Å². The van der Waals surface area contributed by atoms with E-state index in [0.717, 1.165) is 49.4 Å². The normalized spacial score (nSPS) is 19.0. The summed E-state index contributed by atoms with van der Waals surface area (Å²) in [5.74, 6) is 0.732. The van der Waals surface area contributed by atoms with Crippen molar-refractivity contribution in [1.82, 2.24) is 24.6 Å². The van der Waals surface area contributed by atoms with Crippen LogP contribution in [-0.2, 0) is 18.3 Å². The third kappa shape index (κ3) is 3.17. The molecule has 114 valence electrons. The maximum Gasteiger partial charge on any atom is 0.162 e. The number of fused-ring (bicyclic) bond motifs is 1. The van der Waals surface area contributed by atoms with Crippen LogP contribution < -0.4 is 0 Å². The van der Waals surface area contributed by atoms with Crippen LogP contribution in [0.4, 0.5) is 0 Å². The molecule has 0 amide bonds. The van der Waals surface area contributed by atoms with Gasteiger partial charge in [0.05, 0.1) is 24.2 Å². The number of rotatable bonds is 5. The van der Waals surface area contributed by atoms with Gasteiger partial charge in [0.2, 0.25) is 0 Å². The van der Waals surface area contributed by atoms with E-state index in [0.29, 0.717) is 17.8 Å². The number of aromatic nitrogens is 4. The van der Waals surface area contributed by atoms with E-state index in [1.54, 1.807) is 10.9 Å². The maximum absolute atomic E-state index is 6.22. The van der Waals surface area contributed by atoms with Crippen LogP contribution in [-0.4, -0.2) is 50.4 Å². The molecule has 0 aliphatic carbocycles. The third-order valence-electron chi connectivity index (χ3n) is 3.89. The number of ether oxygens (including phenoxy) is 1. The van der Waals surface area contributed by atoms with Crippen molar-refractivity contribution in [2.45, 2.75) is 32.4 Å². The van der Waals surface area contributed by atoms with Gasteiger partial charge < -0.3 is 4.74 Å². The van der Waals surface area contributed by atoms with E-state index < -0.39 is 0 Å². The lowest BCUT2D eigenvalue weighted by molar-refractivity contribution is 0.0717. The first-order valence-electron chi connectivity index (χ1n) is 7.35. The van der Waals surface area contributed by atoms with Crippen molar-refractivity contribution in [3.8, 4) is 0 Å². The lowest BCUT2D eigenvalue weighted by Crippen LogP contribution is -2.32. The second-order valence-electron chi connectivity index (χ2n) is 5.40. The lowest BCUT2D eigenvalue weighted by atomic mass is 10.2. The summed E-state index contributed by atoms with van der Waals surface area (Å²) >= 11 is 6.22. The minimum Gasteiger partial charge on any atom is -0.377 e. The molecule has 1 saturated heterocycles. The van der Waals surface area contributed by atoms with Gasteiger partial charge in [0.15, 0.2) is 5.65 Å². The molecule has 6 nitrogen and oxygen atoms in total. The van der Waals surface area contributed by atoms with Gasteiger partial charge in [-0.15, -0.1) is 0 Å². The predicted octanol–water partition coefficient (Wildman–Crippen LogP) is 2.02. The first-order valence-corrected chi connectivity index (χ1v) is 7.73. The molecule has 1 aliphatic rings. The number of aryl methyl sites for hydroxylation is 1. The largest absolute Gasteiger partial charge is 0.377 e. The second-order valence-corrected chi connectivity index (χ2v) is 5.76. The number of likely N-dealkylation sites (N-methyl/N-ethyl adjacent to an activating group) is 1. The lowest BCUT2D eigenvalue weighted by Gasteiger charge is -2.22. The fraction of sp³-hybridized carbons (Fsp3) is 0.643. The van der Waals surface area contributed by atoms with Crippen molar-refractivity contribution in [2.75, 3.05) is 19.7 Å². The Morgan fingerprint density at radius 2 is 2.33 bits per heavy atom. The highest BCUT2D eigenvalue weighted by atomic mass is 35.5. The van der Waals surface area contributed by atoms with E-state index in [1.165, 1.54) is 0 Å². The molecule has 1 fully saturated rings. The monoisotopic (exact) mass is 309 g/mol. The van der Waals surface area contributed by atoms with Crippen LogP contribution in [0.25, 0.3) is 11.0 Å². The van der Waals surface area contributed by atoms with Crippen molar-refractivity contribution in [2.24, 2.45) is 7.05 Å². The average molecular weight is 310 g/mol. The summed E-state index contributed by atoms with van der Waals surface area (Å²) in [7, 11) is 1.86. The zero-order valence-electron chi connectivity index (χ0n) is 12.4. The van der Waals surface area contributed by atoms with Gasteiger partial charge in [0.25, 0.3) is 0 Å². The minimum atomic E-state index is 0.334. The molecule has 0 aromatic carbocycles. The highest BCUT2D eigenvalue weighted by Crippen LogP contribution is 2.20. The second kappa shape index (κ2) is 6.25. The van der Waals surface area contributed by atoms with Gasteiger partial charge in [-0.1, -0.05) is 18.5 Å². The van der Waals surface area contributed by atoms with Crippen LogP contribution in [0.15, 0.2) is 6.20 Å². The molecule has 3 rings (SSSR count). The highest BCUT2D eigenvalue weighted by Gasteiger charge is 2.19. The van der Waals surface area contributed by atoms with E-state index in [2.05, 4.69) is 26.9 Å². The molecule has 0 radical (unpaired) electrons.